The van der Waals surface area contributed by atoms with Crippen molar-refractivity contribution in [2.45, 2.75) is 66.0 Å². The molecular formula is C18H31NO2. The molecule has 1 rings (SSSR count). The van der Waals surface area contributed by atoms with Gasteiger partial charge >= 0.3 is 0 Å². The summed E-state index contributed by atoms with van der Waals surface area (Å²) in [4.78, 5) is 0. The highest BCUT2D eigenvalue weighted by Crippen LogP contribution is 2.25. The summed E-state index contributed by atoms with van der Waals surface area (Å²) in [6.45, 7) is 13.4. The Morgan fingerprint density at radius 2 is 1.76 bits per heavy atom. The van der Waals surface area contributed by atoms with Crippen LogP contribution in [0.25, 0.3) is 0 Å². The van der Waals surface area contributed by atoms with Gasteiger partial charge in [0.15, 0.2) is 0 Å². The maximum atomic E-state index is 9.57. The summed E-state index contributed by atoms with van der Waals surface area (Å²) >= 11 is 0. The lowest BCUT2D eigenvalue weighted by Gasteiger charge is -2.31. The van der Waals surface area contributed by atoms with Crippen LogP contribution in [0.2, 0.25) is 0 Å². The van der Waals surface area contributed by atoms with Crippen LogP contribution in [-0.2, 0) is 0 Å². The van der Waals surface area contributed by atoms with Crippen LogP contribution < -0.4 is 10.1 Å². The molecule has 3 nitrogen and oxygen atoms in total. The van der Waals surface area contributed by atoms with E-state index < -0.39 is 0 Å². The first-order valence-corrected chi connectivity index (χ1v) is 7.86. The molecule has 0 heterocycles. The highest BCUT2D eigenvalue weighted by atomic mass is 16.5. The molecule has 0 saturated heterocycles. The van der Waals surface area contributed by atoms with E-state index in [1.807, 2.05) is 0 Å². The van der Waals surface area contributed by atoms with E-state index in [2.05, 4.69) is 59.0 Å². The second kappa shape index (κ2) is 7.81. The molecule has 0 aliphatic carbocycles. The van der Waals surface area contributed by atoms with Crippen molar-refractivity contribution in [3.05, 3.63) is 28.8 Å². The molecule has 1 atom stereocenters. The molecular weight excluding hydrogens is 262 g/mol. The van der Waals surface area contributed by atoms with Crippen LogP contribution in [0.4, 0.5) is 0 Å². The van der Waals surface area contributed by atoms with Crippen molar-refractivity contribution in [3.8, 4) is 5.75 Å². The highest BCUT2D eigenvalue weighted by Gasteiger charge is 2.23. The van der Waals surface area contributed by atoms with Crippen LogP contribution in [0.15, 0.2) is 12.1 Å². The van der Waals surface area contributed by atoms with Crippen LogP contribution >= 0.6 is 0 Å². The summed E-state index contributed by atoms with van der Waals surface area (Å²) < 4.78 is 5.96. The van der Waals surface area contributed by atoms with Crippen LogP contribution in [0.5, 0.6) is 5.75 Å². The molecule has 1 aromatic rings. The molecule has 2 N–H and O–H groups in total. The number of aryl methyl sites for hydroxylation is 3. The molecule has 0 fully saturated rings. The summed E-state index contributed by atoms with van der Waals surface area (Å²) in [5, 5.41) is 13.0. The van der Waals surface area contributed by atoms with Crippen molar-refractivity contribution in [1.29, 1.82) is 0 Å². The normalized spacial score (nSPS) is 14.3. The molecule has 0 bridgehead atoms. The Labute approximate surface area is 129 Å². The van der Waals surface area contributed by atoms with Gasteiger partial charge < -0.3 is 15.2 Å². The largest absolute Gasteiger partial charge is 0.493 e. The molecule has 120 valence electrons. The summed E-state index contributed by atoms with van der Waals surface area (Å²) in [5.41, 5.74) is 3.43. The smallest absolute Gasteiger partial charge is 0.125 e. The van der Waals surface area contributed by atoms with Crippen LogP contribution in [0.3, 0.4) is 0 Å². The summed E-state index contributed by atoms with van der Waals surface area (Å²) in [5.74, 6) is 1.00. The van der Waals surface area contributed by atoms with E-state index in [9.17, 15) is 5.11 Å². The number of aliphatic hydroxyl groups excluding tert-OH is 1. The molecule has 0 aliphatic rings. The van der Waals surface area contributed by atoms with Crippen molar-refractivity contribution >= 4 is 0 Å². The van der Waals surface area contributed by atoms with Gasteiger partial charge in [0.2, 0.25) is 0 Å². The Morgan fingerprint density at radius 1 is 1.19 bits per heavy atom. The monoisotopic (exact) mass is 293 g/mol. The van der Waals surface area contributed by atoms with Gasteiger partial charge in [-0.15, -0.1) is 0 Å². The SMILES string of the molecule is Cc1cc(C)c(OCCCC(C)(CO)NC(C)C)c(C)c1. The van der Waals surface area contributed by atoms with E-state index >= 15 is 0 Å². The number of hydrogen-bond donors (Lipinski definition) is 2. The third kappa shape index (κ3) is 5.68. The Bertz CT molecular complexity index is 434. The number of benzene rings is 1. The summed E-state index contributed by atoms with van der Waals surface area (Å²) in [7, 11) is 0. The molecule has 0 spiro atoms. The fourth-order valence-corrected chi connectivity index (χ4v) is 2.92. The van der Waals surface area contributed by atoms with Crippen molar-refractivity contribution in [3.63, 3.8) is 0 Å². The Kier molecular flexibility index (Phi) is 6.69. The minimum atomic E-state index is -0.227. The van der Waals surface area contributed by atoms with Gasteiger partial charge in [-0.25, -0.2) is 0 Å². The lowest BCUT2D eigenvalue weighted by molar-refractivity contribution is 0.147. The topological polar surface area (TPSA) is 41.5 Å². The highest BCUT2D eigenvalue weighted by molar-refractivity contribution is 5.42. The zero-order valence-electron chi connectivity index (χ0n) is 14.4. The predicted molar refractivity (Wildman–Crippen MR) is 89.1 cm³/mol. The quantitative estimate of drug-likeness (QED) is 0.721. The average molecular weight is 293 g/mol. The maximum absolute atomic E-state index is 9.57. The van der Waals surface area contributed by atoms with Crippen LogP contribution in [0, 0.1) is 20.8 Å². The molecule has 1 aromatic carbocycles. The van der Waals surface area contributed by atoms with Gasteiger partial charge in [-0.2, -0.15) is 0 Å². The van der Waals surface area contributed by atoms with E-state index in [1.54, 1.807) is 0 Å². The van der Waals surface area contributed by atoms with Gasteiger partial charge in [-0.05, 0) is 51.7 Å². The minimum absolute atomic E-state index is 0.147. The van der Waals surface area contributed by atoms with E-state index in [0.717, 1.165) is 18.6 Å². The molecule has 21 heavy (non-hydrogen) atoms. The van der Waals surface area contributed by atoms with Crippen molar-refractivity contribution < 1.29 is 9.84 Å². The Morgan fingerprint density at radius 3 is 2.24 bits per heavy atom. The first-order chi connectivity index (χ1) is 9.77. The van der Waals surface area contributed by atoms with Crippen molar-refractivity contribution in [2.75, 3.05) is 13.2 Å². The molecule has 1 unspecified atom stereocenters. The number of nitrogens with one attached hydrogen (secondary N) is 1. The number of hydrogen-bond acceptors (Lipinski definition) is 3. The summed E-state index contributed by atoms with van der Waals surface area (Å²) in [6.07, 6.45) is 1.81. The van der Waals surface area contributed by atoms with E-state index in [-0.39, 0.29) is 12.1 Å². The lowest BCUT2D eigenvalue weighted by atomic mass is 9.96. The fraction of sp³-hybridized carbons (Fsp3) is 0.667. The van der Waals surface area contributed by atoms with Gasteiger partial charge in [0.25, 0.3) is 0 Å². The van der Waals surface area contributed by atoms with Crippen LogP contribution in [0.1, 0.15) is 50.3 Å². The number of rotatable bonds is 8. The average Bonchev–Trinajstić information content (AvgIpc) is 2.35. The maximum Gasteiger partial charge on any atom is 0.125 e. The van der Waals surface area contributed by atoms with Gasteiger partial charge in [0.05, 0.1) is 13.2 Å². The van der Waals surface area contributed by atoms with Crippen LogP contribution in [-0.4, -0.2) is 29.9 Å². The first-order valence-electron chi connectivity index (χ1n) is 7.86. The molecule has 3 heteroatoms. The number of aliphatic hydroxyl groups is 1. The van der Waals surface area contributed by atoms with Gasteiger partial charge in [-0.1, -0.05) is 31.5 Å². The zero-order chi connectivity index (χ0) is 16.0. The minimum Gasteiger partial charge on any atom is -0.493 e. The fourth-order valence-electron chi connectivity index (χ4n) is 2.92. The van der Waals surface area contributed by atoms with Gasteiger partial charge in [0, 0.05) is 11.6 Å². The predicted octanol–water partition coefficient (Wildman–Crippen LogP) is 3.52. The summed E-state index contributed by atoms with van der Waals surface area (Å²) in [6, 6.07) is 4.67. The van der Waals surface area contributed by atoms with Crippen molar-refractivity contribution in [2.24, 2.45) is 0 Å². The second-order valence-electron chi connectivity index (χ2n) is 6.70. The third-order valence-corrected chi connectivity index (χ3v) is 3.71. The Hall–Kier alpha value is -1.06. The molecule has 0 aliphatic heterocycles. The molecule has 0 saturated carbocycles. The second-order valence-corrected chi connectivity index (χ2v) is 6.70. The third-order valence-electron chi connectivity index (χ3n) is 3.71. The molecule has 0 aromatic heterocycles. The Balaban J connectivity index is 2.51. The lowest BCUT2D eigenvalue weighted by Crippen LogP contribution is -2.49. The molecule has 0 radical (unpaired) electrons. The first kappa shape index (κ1) is 18.0. The van der Waals surface area contributed by atoms with Gasteiger partial charge in [-0.3, -0.25) is 0 Å². The van der Waals surface area contributed by atoms with Gasteiger partial charge in [0.1, 0.15) is 5.75 Å². The van der Waals surface area contributed by atoms with Crippen molar-refractivity contribution in [1.82, 2.24) is 5.32 Å². The van der Waals surface area contributed by atoms with E-state index in [4.69, 9.17) is 4.74 Å². The van der Waals surface area contributed by atoms with E-state index in [0.29, 0.717) is 12.6 Å². The molecule has 0 amide bonds. The number of ether oxygens (including phenoxy) is 1. The zero-order valence-corrected chi connectivity index (χ0v) is 14.4. The standard InChI is InChI=1S/C18H31NO2/c1-13(2)19-18(6,12-20)8-7-9-21-17-15(4)10-14(3)11-16(17)5/h10-11,13,19-20H,7-9,12H2,1-6H3. The van der Waals surface area contributed by atoms with E-state index in [1.165, 1.54) is 16.7 Å².